The molecule has 21 heavy (non-hydrogen) atoms. The van der Waals surface area contributed by atoms with Crippen LogP contribution >= 0.6 is 35.6 Å². The van der Waals surface area contributed by atoms with Gasteiger partial charge < -0.3 is 4.90 Å². The molecule has 0 unspecified atom stereocenters. The van der Waals surface area contributed by atoms with Gasteiger partial charge in [-0.1, -0.05) is 23.8 Å². The quantitative estimate of drug-likeness (QED) is 0.577. The molecule has 0 bridgehead atoms. The smallest absolute Gasteiger partial charge is 0.142 e. The fourth-order valence-corrected chi connectivity index (χ4v) is 3.79. The van der Waals surface area contributed by atoms with Gasteiger partial charge in [0.05, 0.1) is 17.1 Å². The Bertz CT molecular complexity index is 748. The molecular weight excluding hydrogens is 322 g/mol. The van der Waals surface area contributed by atoms with E-state index >= 15 is 0 Å². The van der Waals surface area contributed by atoms with Crippen LogP contribution in [0.4, 0.5) is 0 Å². The Morgan fingerprint density at radius 1 is 1.33 bits per heavy atom. The second-order valence-corrected chi connectivity index (χ2v) is 6.93. The average molecular weight is 334 g/mol. The third-order valence-corrected chi connectivity index (χ3v) is 5.02. The number of likely N-dealkylation sites (tertiary alicyclic amines) is 1. The molecule has 0 spiro atoms. The van der Waals surface area contributed by atoms with Crippen molar-refractivity contribution in [3.05, 3.63) is 34.9 Å². The van der Waals surface area contributed by atoms with Crippen LogP contribution in [0, 0.1) is 11.3 Å². The summed E-state index contributed by atoms with van der Waals surface area (Å²) in [4.78, 5) is 6.77. The van der Waals surface area contributed by atoms with E-state index in [4.69, 9.17) is 23.8 Å². The molecule has 1 fully saturated rings. The number of thioether (sulfide) groups is 1. The normalized spacial score (nSPS) is 14.4. The number of halogens is 1. The number of fused-ring (bicyclic) bond motifs is 1. The molecule has 3 rings (SSSR count). The van der Waals surface area contributed by atoms with E-state index in [1.165, 1.54) is 24.6 Å². The van der Waals surface area contributed by atoms with Gasteiger partial charge in [0, 0.05) is 23.5 Å². The van der Waals surface area contributed by atoms with Gasteiger partial charge in [0.15, 0.2) is 0 Å². The van der Waals surface area contributed by atoms with E-state index in [0.29, 0.717) is 10.6 Å². The minimum Gasteiger partial charge on any atom is -0.357 e. The van der Waals surface area contributed by atoms with Crippen molar-refractivity contribution in [3.8, 4) is 6.07 Å². The molecule has 1 aromatic carbocycles. The zero-order valence-electron chi connectivity index (χ0n) is 11.2. The van der Waals surface area contributed by atoms with Gasteiger partial charge in [-0.2, -0.15) is 5.26 Å². The number of nitrogens with zero attached hydrogens (tertiary/aromatic N) is 3. The van der Waals surface area contributed by atoms with Gasteiger partial charge in [-0.15, -0.1) is 0 Å². The monoisotopic (exact) mass is 333 g/mol. The Balaban J connectivity index is 1.94. The highest BCUT2D eigenvalue weighted by Gasteiger charge is 2.17. The molecule has 1 aliphatic heterocycles. The molecule has 0 saturated carbocycles. The summed E-state index contributed by atoms with van der Waals surface area (Å²) in [7, 11) is 0. The van der Waals surface area contributed by atoms with Crippen LogP contribution in [0.25, 0.3) is 10.9 Å². The van der Waals surface area contributed by atoms with Gasteiger partial charge in [0.25, 0.3) is 0 Å². The van der Waals surface area contributed by atoms with E-state index in [1.807, 2.05) is 6.07 Å². The predicted molar refractivity (Wildman–Crippen MR) is 90.7 cm³/mol. The Kier molecular flexibility index (Phi) is 4.29. The molecule has 3 nitrogen and oxygen atoms in total. The number of hydrogen-bond acceptors (Lipinski definition) is 4. The second-order valence-electron chi connectivity index (χ2n) is 4.84. The van der Waals surface area contributed by atoms with Crippen LogP contribution < -0.4 is 0 Å². The maximum atomic E-state index is 9.32. The van der Waals surface area contributed by atoms with Crippen molar-refractivity contribution in [1.82, 2.24) is 9.88 Å². The highest BCUT2D eigenvalue weighted by Crippen LogP contribution is 2.28. The molecule has 6 heteroatoms. The molecule has 1 saturated heterocycles. The lowest BCUT2D eigenvalue weighted by Gasteiger charge is -2.17. The lowest BCUT2D eigenvalue weighted by atomic mass is 10.1. The number of rotatable bonds is 1. The van der Waals surface area contributed by atoms with Crippen LogP contribution in [-0.2, 0) is 0 Å². The Morgan fingerprint density at radius 2 is 2.10 bits per heavy atom. The van der Waals surface area contributed by atoms with E-state index in [-0.39, 0.29) is 0 Å². The fraction of sp³-hybridized carbons (Fsp3) is 0.267. The topological polar surface area (TPSA) is 39.9 Å². The first-order chi connectivity index (χ1) is 10.2. The largest absolute Gasteiger partial charge is 0.357 e. The summed E-state index contributed by atoms with van der Waals surface area (Å²) < 4.78 is 0.831. The van der Waals surface area contributed by atoms with E-state index < -0.39 is 0 Å². The molecular formula is C15H12ClN3S2. The summed E-state index contributed by atoms with van der Waals surface area (Å²) in [5.41, 5.74) is 1.35. The number of hydrogen-bond donors (Lipinski definition) is 0. The van der Waals surface area contributed by atoms with Crippen molar-refractivity contribution in [2.75, 3.05) is 13.1 Å². The standard InChI is InChI=1S/C15H12ClN3S2/c16-11-3-4-13-12(8-11)10(9-17)7-14(18-13)21-15(20)19-5-1-2-6-19/h3-4,7-8H,1-2,5-6H2. The maximum absolute atomic E-state index is 9.32. The van der Waals surface area contributed by atoms with Crippen LogP contribution in [0.3, 0.4) is 0 Å². The molecule has 1 aliphatic rings. The van der Waals surface area contributed by atoms with Crippen LogP contribution in [0.15, 0.2) is 29.3 Å². The van der Waals surface area contributed by atoms with Crippen molar-refractivity contribution in [3.63, 3.8) is 0 Å². The molecule has 2 aromatic rings. The highest BCUT2D eigenvalue weighted by molar-refractivity contribution is 8.22. The minimum absolute atomic E-state index is 0.578. The second kappa shape index (κ2) is 6.18. The first-order valence-electron chi connectivity index (χ1n) is 6.64. The summed E-state index contributed by atoms with van der Waals surface area (Å²) in [5.74, 6) is 0. The lowest BCUT2D eigenvalue weighted by molar-refractivity contribution is 0.539. The van der Waals surface area contributed by atoms with Gasteiger partial charge in [-0.3, -0.25) is 0 Å². The summed E-state index contributed by atoms with van der Waals surface area (Å²) in [6, 6.07) is 9.39. The van der Waals surface area contributed by atoms with Gasteiger partial charge in [0.1, 0.15) is 9.35 Å². The fourth-order valence-electron chi connectivity index (χ4n) is 2.37. The Morgan fingerprint density at radius 3 is 2.81 bits per heavy atom. The average Bonchev–Trinajstić information content (AvgIpc) is 3.01. The molecule has 2 heterocycles. The van der Waals surface area contributed by atoms with E-state index in [0.717, 1.165) is 33.3 Å². The molecule has 0 atom stereocenters. The van der Waals surface area contributed by atoms with Crippen molar-refractivity contribution >= 4 is 50.8 Å². The first kappa shape index (κ1) is 14.6. The van der Waals surface area contributed by atoms with Crippen molar-refractivity contribution in [1.29, 1.82) is 5.26 Å². The SMILES string of the molecule is N#Cc1cc(SC(=S)N2CCCC2)nc2ccc(Cl)cc12. The number of aromatic nitrogens is 1. The number of thiocarbonyl (C=S) groups is 1. The lowest BCUT2D eigenvalue weighted by Crippen LogP contribution is -2.23. The van der Waals surface area contributed by atoms with E-state index in [1.54, 1.807) is 18.2 Å². The van der Waals surface area contributed by atoms with Gasteiger partial charge in [-0.25, -0.2) is 4.98 Å². The van der Waals surface area contributed by atoms with Gasteiger partial charge in [-0.05, 0) is 48.9 Å². The van der Waals surface area contributed by atoms with Crippen LogP contribution in [-0.4, -0.2) is 27.3 Å². The number of benzene rings is 1. The van der Waals surface area contributed by atoms with Gasteiger partial charge in [0.2, 0.25) is 0 Å². The van der Waals surface area contributed by atoms with Crippen LogP contribution in [0.5, 0.6) is 0 Å². The van der Waals surface area contributed by atoms with Crippen molar-refractivity contribution < 1.29 is 0 Å². The Hall–Kier alpha value is -1.35. The maximum Gasteiger partial charge on any atom is 0.142 e. The summed E-state index contributed by atoms with van der Waals surface area (Å²) in [6.07, 6.45) is 2.38. The van der Waals surface area contributed by atoms with E-state index in [9.17, 15) is 5.26 Å². The molecule has 0 radical (unpaired) electrons. The van der Waals surface area contributed by atoms with Crippen LogP contribution in [0.1, 0.15) is 18.4 Å². The van der Waals surface area contributed by atoms with Crippen molar-refractivity contribution in [2.24, 2.45) is 0 Å². The van der Waals surface area contributed by atoms with Crippen molar-refractivity contribution in [2.45, 2.75) is 17.9 Å². The molecule has 106 valence electrons. The third kappa shape index (κ3) is 3.13. The van der Waals surface area contributed by atoms with Gasteiger partial charge >= 0.3 is 0 Å². The zero-order valence-corrected chi connectivity index (χ0v) is 13.6. The first-order valence-corrected chi connectivity index (χ1v) is 8.25. The molecule has 1 aromatic heterocycles. The highest BCUT2D eigenvalue weighted by atomic mass is 35.5. The van der Waals surface area contributed by atoms with E-state index in [2.05, 4.69) is 16.0 Å². The number of nitriles is 1. The number of pyridine rings is 1. The summed E-state index contributed by atoms with van der Waals surface area (Å²) >= 11 is 12.9. The molecule has 0 aliphatic carbocycles. The third-order valence-electron chi connectivity index (χ3n) is 3.42. The predicted octanol–water partition coefficient (Wildman–Crippen LogP) is 4.23. The minimum atomic E-state index is 0.578. The van der Waals surface area contributed by atoms with Crippen LogP contribution in [0.2, 0.25) is 5.02 Å². The summed E-state index contributed by atoms with van der Waals surface area (Å²) in [5, 5.41) is 11.5. The molecule has 0 N–H and O–H groups in total. The summed E-state index contributed by atoms with van der Waals surface area (Å²) in [6.45, 7) is 2.03. The Labute approximate surface area is 137 Å². The molecule has 0 amide bonds. The zero-order chi connectivity index (χ0) is 14.8.